The van der Waals surface area contributed by atoms with Crippen LogP contribution in [-0.4, -0.2) is 30.0 Å². The van der Waals surface area contributed by atoms with Crippen molar-refractivity contribution in [2.45, 2.75) is 26.8 Å². The van der Waals surface area contributed by atoms with Gasteiger partial charge in [-0.05, 0) is 17.5 Å². The first-order valence-corrected chi connectivity index (χ1v) is 6.14. The third kappa shape index (κ3) is 4.11. The van der Waals surface area contributed by atoms with Crippen LogP contribution in [0.15, 0.2) is 24.3 Å². The number of benzene rings is 1. The van der Waals surface area contributed by atoms with Gasteiger partial charge in [-0.25, -0.2) is 0 Å². The zero-order chi connectivity index (χ0) is 12.7. The lowest BCUT2D eigenvalue weighted by atomic mass is 9.93. The van der Waals surface area contributed by atoms with Gasteiger partial charge in [0.1, 0.15) is 0 Å². The third-order valence-corrected chi connectivity index (χ3v) is 3.13. The first kappa shape index (κ1) is 14.2. The molecule has 1 aromatic carbocycles. The average molecular weight is 237 g/mol. The van der Waals surface area contributed by atoms with Gasteiger partial charge >= 0.3 is 0 Å². The Morgan fingerprint density at radius 2 is 1.71 bits per heavy atom. The molecular formula is C14H23NO2. The van der Waals surface area contributed by atoms with E-state index in [1.54, 1.807) is 0 Å². The van der Waals surface area contributed by atoms with Crippen LogP contribution < -0.4 is 5.32 Å². The van der Waals surface area contributed by atoms with Crippen LogP contribution in [0.4, 0.5) is 0 Å². The predicted octanol–water partition coefficient (Wildman–Crippen LogP) is 1.33. The van der Waals surface area contributed by atoms with Gasteiger partial charge in [0.15, 0.2) is 0 Å². The molecule has 17 heavy (non-hydrogen) atoms. The van der Waals surface area contributed by atoms with Crippen LogP contribution >= 0.6 is 0 Å². The molecule has 0 radical (unpaired) electrons. The molecule has 1 rings (SSSR count). The fourth-order valence-corrected chi connectivity index (χ4v) is 1.74. The normalized spacial score (nSPS) is 11.8. The van der Waals surface area contributed by atoms with Crippen molar-refractivity contribution in [3.63, 3.8) is 0 Å². The molecule has 0 saturated heterocycles. The molecule has 0 amide bonds. The summed E-state index contributed by atoms with van der Waals surface area (Å²) in [6, 6.07) is 8.33. The Morgan fingerprint density at radius 3 is 2.24 bits per heavy atom. The van der Waals surface area contributed by atoms with Crippen molar-refractivity contribution in [3.8, 4) is 0 Å². The number of rotatable bonds is 7. The Morgan fingerprint density at radius 1 is 1.12 bits per heavy atom. The Hall–Kier alpha value is -0.900. The van der Waals surface area contributed by atoms with E-state index in [1.807, 2.05) is 19.1 Å². The molecule has 0 atom stereocenters. The van der Waals surface area contributed by atoms with Crippen LogP contribution in [0.25, 0.3) is 0 Å². The third-order valence-electron chi connectivity index (χ3n) is 3.13. The smallest absolute Gasteiger partial charge is 0.0518 e. The lowest BCUT2D eigenvalue weighted by molar-refractivity contribution is 0.0695. The fourth-order valence-electron chi connectivity index (χ4n) is 1.74. The maximum atomic E-state index is 9.18. The van der Waals surface area contributed by atoms with E-state index in [-0.39, 0.29) is 13.2 Å². The van der Waals surface area contributed by atoms with Crippen LogP contribution in [0.5, 0.6) is 0 Å². The van der Waals surface area contributed by atoms with Crippen molar-refractivity contribution in [3.05, 3.63) is 35.4 Å². The summed E-state index contributed by atoms with van der Waals surface area (Å²) in [4.78, 5) is 0. The molecule has 0 spiro atoms. The van der Waals surface area contributed by atoms with Crippen LogP contribution in [-0.2, 0) is 13.0 Å². The van der Waals surface area contributed by atoms with Gasteiger partial charge in [0.25, 0.3) is 0 Å². The molecule has 0 fully saturated rings. The molecule has 0 aromatic heterocycles. The lowest BCUT2D eigenvalue weighted by Crippen LogP contribution is -2.37. The standard InChI is InChI=1S/C14H23NO2/c1-3-12-6-4-5-7-13(12)8-15-9-14(2,10-16)11-17/h4-7,15-17H,3,8-11H2,1-2H3. The minimum absolute atomic E-state index is 0.00801. The van der Waals surface area contributed by atoms with Crippen molar-refractivity contribution < 1.29 is 10.2 Å². The van der Waals surface area contributed by atoms with E-state index in [1.165, 1.54) is 11.1 Å². The highest BCUT2D eigenvalue weighted by Crippen LogP contribution is 2.13. The topological polar surface area (TPSA) is 52.5 Å². The Bertz CT molecular complexity index is 335. The molecule has 0 heterocycles. The van der Waals surface area contributed by atoms with Crippen LogP contribution in [0.2, 0.25) is 0 Å². The van der Waals surface area contributed by atoms with Crippen molar-refractivity contribution in [2.24, 2.45) is 5.41 Å². The number of aliphatic hydroxyl groups excluding tert-OH is 2. The molecule has 0 bridgehead atoms. The van der Waals surface area contributed by atoms with Gasteiger partial charge in [0.2, 0.25) is 0 Å². The Kier molecular flexibility index (Phi) is 5.62. The Balaban J connectivity index is 2.51. The SMILES string of the molecule is CCc1ccccc1CNCC(C)(CO)CO. The largest absolute Gasteiger partial charge is 0.396 e. The molecule has 0 aliphatic carbocycles. The number of hydrogen-bond donors (Lipinski definition) is 3. The molecule has 3 N–H and O–H groups in total. The summed E-state index contributed by atoms with van der Waals surface area (Å²) in [6.07, 6.45) is 1.02. The Labute approximate surface area is 103 Å². The van der Waals surface area contributed by atoms with Crippen LogP contribution in [0.1, 0.15) is 25.0 Å². The first-order valence-electron chi connectivity index (χ1n) is 6.14. The zero-order valence-electron chi connectivity index (χ0n) is 10.7. The highest BCUT2D eigenvalue weighted by molar-refractivity contribution is 5.26. The molecule has 0 unspecified atom stereocenters. The van der Waals surface area contributed by atoms with Gasteiger partial charge in [-0.15, -0.1) is 0 Å². The maximum Gasteiger partial charge on any atom is 0.0518 e. The van der Waals surface area contributed by atoms with Gasteiger partial charge < -0.3 is 15.5 Å². The van der Waals surface area contributed by atoms with E-state index < -0.39 is 5.41 Å². The van der Waals surface area contributed by atoms with Crippen LogP contribution in [0, 0.1) is 5.41 Å². The van der Waals surface area contributed by atoms with Crippen molar-refractivity contribution in [2.75, 3.05) is 19.8 Å². The second-order valence-corrected chi connectivity index (χ2v) is 4.85. The van der Waals surface area contributed by atoms with Gasteiger partial charge in [0.05, 0.1) is 13.2 Å². The summed E-state index contributed by atoms with van der Waals surface area (Å²) in [7, 11) is 0. The number of aliphatic hydroxyl groups is 2. The highest BCUT2D eigenvalue weighted by atomic mass is 16.3. The second kappa shape index (κ2) is 6.74. The van der Waals surface area contributed by atoms with E-state index >= 15 is 0 Å². The molecule has 1 aromatic rings. The van der Waals surface area contributed by atoms with E-state index in [0.717, 1.165) is 13.0 Å². The van der Waals surface area contributed by atoms with E-state index in [2.05, 4.69) is 24.4 Å². The molecule has 3 nitrogen and oxygen atoms in total. The molecule has 96 valence electrons. The maximum absolute atomic E-state index is 9.18. The van der Waals surface area contributed by atoms with Gasteiger partial charge in [-0.1, -0.05) is 38.1 Å². The summed E-state index contributed by atoms with van der Waals surface area (Å²) < 4.78 is 0. The van der Waals surface area contributed by atoms with Crippen LogP contribution in [0.3, 0.4) is 0 Å². The van der Waals surface area contributed by atoms with Gasteiger partial charge in [0, 0.05) is 18.5 Å². The summed E-state index contributed by atoms with van der Waals surface area (Å²) in [5.74, 6) is 0. The first-order chi connectivity index (χ1) is 8.15. The highest BCUT2D eigenvalue weighted by Gasteiger charge is 2.21. The average Bonchev–Trinajstić information content (AvgIpc) is 2.39. The number of hydrogen-bond acceptors (Lipinski definition) is 3. The fraction of sp³-hybridized carbons (Fsp3) is 0.571. The second-order valence-electron chi connectivity index (χ2n) is 4.85. The quantitative estimate of drug-likeness (QED) is 0.670. The molecule has 3 heteroatoms. The minimum atomic E-state index is -0.443. The molecule has 0 aliphatic heterocycles. The molecule has 0 saturated carbocycles. The molecular weight excluding hydrogens is 214 g/mol. The summed E-state index contributed by atoms with van der Waals surface area (Å²) >= 11 is 0. The van der Waals surface area contributed by atoms with E-state index in [9.17, 15) is 10.2 Å². The zero-order valence-corrected chi connectivity index (χ0v) is 10.7. The van der Waals surface area contributed by atoms with E-state index in [4.69, 9.17) is 0 Å². The number of aryl methyl sites for hydroxylation is 1. The predicted molar refractivity (Wildman–Crippen MR) is 69.8 cm³/mol. The van der Waals surface area contributed by atoms with Gasteiger partial charge in [-0.3, -0.25) is 0 Å². The van der Waals surface area contributed by atoms with Gasteiger partial charge in [-0.2, -0.15) is 0 Å². The summed E-state index contributed by atoms with van der Waals surface area (Å²) in [5.41, 5.74) is 2.18. The van der Waals surface area contributed by atoms with Crippen molar-refractivity contribution in [1.82, 2.24) is 5.32 Å². The molecule has 0 aliphatic rings. The lowest BCUT2D eigenvalue weighted by Gasteiger charge is -2.25. The minimum Gasteiger partial charge on any atom is -0.396 e. The summed E-state index contributed by atoms with van der Waals surface area (Å²) in [6.45, 7) is 5.38. The summed E-state index contributed by atoms with van der Waals surface area (Å²) in [5, 5.41) is 21.7. The number of nitrogens with one attached hydrogen (secondary N) is 1. The monoisotopic (exact) mass is 237 g/mol. The van der Waals surface area contributed by atoms with Crippen molar-refractivity contribution in [1.29, 1.82) is 0 Å². The van der Waals surface area contributed by atoms with E-state index in [0.29, 0.717) is 6.54 Å². The van der Waals surface area contributed by atoms with Crippen molar-refractivity contribution >= 4 is 0 Å².